The molecule has 2 amide bonds. The minimum absolute atomic E-state index is 0.0660. The number of carbonyl (C=O) groups excluding carboxylic acids is 1. The standard InChI is InChI=1S/C13H22N2O6/c16-7-5-9-2-1-6-15(8-9)13(21)14-10(12(19)20)3-4-11(17)18/h9-10,16H,1-8H2,(H,14,21)(H,17,18)(H,19,20). The maximum atomic E-state index is 12.0. The highest BCUT2D eigenvalue weighted by atomic mass is 16.4. The number of urea groups is 1. The molecular formula is C13H22N2O6. The van der Waals surface area contributed by atoms with Crippen molar-refractivity contribution in [3.05, 3.63) is 0 Å². The molecule has 0 aromatic heterocycles. The molecule has 0 aromatic rings. The van der Waals surface area contributed by atoms with Crippen LogP contribution in [0.25, 0.3) is 0 Å². The van der Waals surface area contributed by atoms with Gasteiger partial charge in [-0.05, 0) is 31.6 Å². The van der Waals surface area contributed by atoms with Gasteiger partial charge >= 0.3 is 18.0 Å². The molecule has 1 rings (SSSR count). The molecule has 1 fully saturated rings. The van der Waals surface area contributed by atoms with E-state index in [1.165, 1.54) is 4.90 Å². The fourth-order valence-electron chi connectivity index (χ4n) is 2.43. The third-order valence-corrected chi connectivity index (χ3v) is 3.59. The maximum Gasteiger partial charge on any atom is 0.326 e. The normalized spacial score (nSPS) is 19.9. The van der Waals surface area contributed by atoms with Gasteiger partial charge in [0.05, 0.1) is 0 Å². The van der Waals surface area contributed by atoms with E-state index in [1.54, 1.807) is 0 Å². The quantitative estimate of drug-likeness (QED) is 0.528. The fraction of sp³-hybridized carbons (Fsp3) is 0.769. The number of nitrogens with zero attached hydrogens (tertiary/aromatic N) is 1. The van der Waals surface area contributed by atoms with Crippen LogP contribution in [-0.2, 0) is 9.59 Å². The van der Waals surface area contributed by atoms with Gasteiger partial charge in [-0.1, -0.05) is 0 Å². The number of carboxylic acids is 2. The molecule has 1 aliphatic heterocycles. The molecule has 0 bridgehead atoms. The molecule has 1 heterocycles. The molecule has 1 saturated heterocycles. The number of nitrogens with one attached hydrogen (secondary N) is 1. The van der Waals surface area contributed by atoms with E-state index in [-0.39, 0.29) is 25.4 Å². The molecule has 2 atom stereocenters. The second-order valence-corrected chi connectivity index (χ2v) is 5.24. The first-order valence-corrected chi connectivity index (χ1v) is 7.05. The van der Waals surface area contributed by atoms with Gasteiger partial charge in [-0.3, -0.25) is 4.79 Å². The van der Waals surface area contributed by atoms with Gasteiger partial charge in [0.15, 0.2) is 0 Å². The summed E-state index contributed by atoms with van der Waals surface area (Å²) in [6.07, 6.45) is 1.90. The van der Waals surface area contributed by atoms with Crippen LogP contribution in [0, 0.1) is 5.92 Å². The van der Waals surface area contributed by atoms with E-state index in [0.29, 0.717) is 19.5 Å². The Bertz CT molecular complexity index is 385. The molecule has 0 aromatic carbocycles. The van der Waals surface area contributed by atoms with E-state index in [2.05, 4.69) is 5.32 Å². The number of likely N-dealkylation sites (tertiary alicyclic amines) is 1. The number of aliphatic hydroxyl groups excluding tert-OH is 1. The number of carbonyl (C=O) groups is 3. The van der Waals surface area contributed by atoms with Crippen LogP contribution in [0.15, 0.2) is 0 Å². The minimum Gasteiger partial charge on any atom is -0.481 e. The summed E-state index contributed by atoms with van der Waals surface area (Å²) in [6.45, 7) is 1.09. The lowest BCUT2D eigenvalue weighted by atomic mass is 9.95. The Morgan fingerprint density at radius 2 is 2.00 bits per heavy atom. The van der Waals surface area contributed by atoms with E-state index < -0.39 is 24.0 Å². The van der Waals surface area contributed by atoms with Crippen LogP contribution < -0.4 is 5.32 Å². The van der Waals surface area contributed by atoms with Crippen LogP contribution in [0.4, 0.5) is 4.79 Å². The monoisotopic (exact) mass is 302 g/mol. The molecule has 21 heavy (non-hydrogen) atoms. The average molecular weight is 302 g/mol. The number of hydrogen-bond donors (Lipinski definition) is 4. The summed E-state index contributed by atoms with van der Waals surface area (Å²) in [6, 6.07) is -1.69. The van der Waals surface area contributed by atoms with E-state index in [9.17, 15) is 14.4 Å². The summed E-state index contributed by atoms with van der Waals surface area (Å²) in [4.78, 5) is 35.1. The van der Waals surface area contributed by atoms with Gasteiger partial charge in [0.25, 0.3) is 0 Å². The van der Waals surface area contributed by atoms with Crippen LogP contribution in [-0.4, -0.2) is 63.9 Å². The van der Waals surface area contributed by atoms with Crippen molar-refractivity contribution in [3.63, 3.8) is 0 Å². The van der Waals surface area contributed by atoms with Crippen molar-refractivity contribution < 1.29 is 29.7 Å². The van der Waals surface area contributed by atoms with Gasteiger partial charge in [0.2, 0.25) is 0 Å². The second-order valence-electron chi connectivity index (χ2n) is 5.24. The molecule has 1 aliphatic rings. The Hall–Kier alpha value is -1.83. The first-order valence-electron chi connectivity index (χ1n) is 7.05. The van der Waals surface area contributed by atoms with Crippen molar-refractivity contribution in [2.75, 3.05) is 19.7 Å². The fourth-order valence-corrected chi connectivity index (χ4v) is 2.43. The summed E-state index contributed by atoms with van der Waals surface area (Å²) < 4.78 is 0. The van der Waals surface area contributed by atoms with E-state index in [4.69, 9.17) is 15.3 Å². The van der Waals surface area contributed by atoms with Crippen molar-refractivity contribution in [2.24, 2.45) is 5.92 Å². The molecule has 2 unspecified atom stereocenters. The topological polar surface area (TPSA) is 127 Å². The summed E-state index contributed by atoms with van der Waals surface area (Å²) in [5.74, 6) is -2.12. The number of aliphatic carboxylic acids is 2. The predicted molar refractivity (Wildman–Crippen MR) is 72.8 cm³/mol. The molecule has 0 radical (unpaired) electrons. The van der Waals surface area contributed by atoms with Gasteiger partial charge < -0.3 is 25.5 Å². The van der Waals surface area contributed by atoms with Crippen LogP contribution in [0.2, 0.25) is 0 Å². The summed E-state index contributed by atoms with van der Waals surface area (Å²) in [5.41, 5.74) is 0. The first kappa shape index (κ1) is 17.2. The van der Waals surface area contributed by atoms with Gasteiger partial charge in [0.1, 0.15) is 6.04 Å². The van der Waals surface area contributed by atoms with Crippen molar-refractivity contribution in [1.29, 1.82) is 0 Å². The number of piperidine rings is 1. The number of rotatable bonds is 7. The summed E-state index contributed by atoms with van der Waals surface area (Å²) in [5, 5.41) is 28.9. The molecule has 0 saturated carbocycles. The Morgan fingerprint density at radius 3 is 2.57 bits per heavy atom. The lowest BCUT2D eigenvalue weighted by Gasteiger charge is -2.33. The lowest BCUT2D eigenvalue weighted by molar-refractivity contribution is -0.140. The lowest BCUT2D eigenvalue weighted by Crippen LogP contribution is -2.51. The zero-order valence-corrected chi connectivity index (χ0v) is 11.8. The Labute approximate surface area is 122 Å². The van der Waals surface area contributed by atoms with Crippen LogP contribution in [0.5, 0.6) is 0 Å². The third kappa shape index (κ3) is 5.99. The number of carboxylic acid groups (broad SMARTS) is 2. The van der Waals surface area contributed by atoms with Crippen LogP contribution >= 0.6 is 0 Å². The molecule has 4 N–H and O–H groups in total. The number of aliphatic hydroxyl groups is 1. The zero-order chi connectivity index (χ0) is 15.8. The SMILES string of the molecule is O=C(O)CCC(NC(=O)N1CCCC(CCO)C1)C(=O)O. The average Bonchev–Trinajstić information content (AvgIpc) is 2.43. The molecule has 120 valence electrons. The second kappa shape index (κ2) is 8.46. The third-order valence-electron chi connectivity index (χ3n) is 3.59. The van der Waals surface area contributed by atoms with Gasteiger partial charge in [-0.15, -0.1) is 0 Å². The zero-order valence-electron chi connectivity index (χ0n) is 11.8. The van der Waals surface area contributed by atoms with E-state index in [1.807, 2.05) is 0 Å². The van der Waals surface area contributed by atoms with Crippen LogP contribution in [0.3, 0.4) is 0 Å². The van der Waals surface area contributed by atoms with E-state index in [0.717, 1.165) is 12.8 Å². The first-order chi connectivity index (χ1) is 9.93. The Morgan fingerprint density at radius 1 is 1.29 bits per heavy atom. The molecular weight excluding hydrogens is 280 g/mol. The largest absolute Gasteiger partial charge is 0.481 e. The maximum absolute atomic E-state index is 12.0. The highest BCUT2D eigenvalue weighted by Gasteiger charge is 2.27. The number of amides is 2. The van der Waals surface area contributed by atoms with Crippen molar-refractivity contribution in [1.82, 2.24) is 10.2 Å². The number of hydrogen-bond acceptors (Lipinski definition) is 4. The predicted octanol–water partition coefficient (Wildman–Crippen LogP) is 0.108. The Balaban J connectivity index is 2.52. The smallest absolute Gasteiger partial charge is 0.326 e. The summed E-state index contributed by atoms with van der Waals surface area (Å²) >= 11 is 0. The van der Waals surface area contributed by atoms with Gasteiger partial charge in [0, 0.05) is 26.1 Å². The molecule has 0 spiro atoms. The van der Waals surface area contributed by atoms with Crippen molar-refractivity contribution >= 4 is 18.0 Å². The van der Waals surface area contributed by atoms with Gasteiger partial charge in [-0.25, -0.2) is 9.59 Å². The van der Waals surface area contributed by atoms with Crippen LogP contribution in [0.1, 0.15) is 32.1 Å². The molecule has 0 aliphatic carbocycles. The van der Waals surface area contributed by atoms with Crippen molar-refractivity contribution in [3.8, 4) is 0 Å². The van der Waals surface area contributed by atoms with Crippen molar-refractivity contribution in [2.45, 2.75) is 38.1 Å². The minimum atomic E-state index is -1.24. The Kier molecular flexibility index (Phi) is 6.93. The molecule has 8 heteroatoms. The highest BCUT2D eigenvalue weighted by Crippen LogP contribution is 2.19. The highest BCUT2D eigenvalue weighted by molar-refractivity contribution is 5.83. The summed E-state index contributed by atoms with van der Waals surface area (Å²) in [7, 11) is 0. The molecule has 8 nitrogen and oxygen atoms in total. The van der Waals surface area contributed by atoms with Gasteiger partial charge in [-0.2, -0.15) is 0 Å². The van der Waals surface area contributed by atoms with E-state index >= 15 is 0 Å².